The Kier molecular flexibility index (Phi) is 5.33. The maximum atomic E-state index is 13.2. The predicted molar refractivity (Wildman–Crippen MR) is 122 cm³/mol. The number of H-pyrrole nitrogens is 1. The van der Waals surface area contributed by atoms with Crippen LogP contribution < -0.4 is 10.6 Å². The molecule has 2 heterocycles. The van der Waals surface area contributed by atoms with Crippen LogP contribution in [-0.2, 0) is 4.79 Å². The van der Waals surface area contributed by atoms with Crippen molar-refractivity contribution in [3.63, 3.8) is 0 Å². The number of aromatic nitrogens is 2. The number of hydrogen-bond acceptors (Lipinski definition) is 4. The smallest absolute Gasteiger partial charge is 0.254 e. The second-order valence-electron chi connectivity index (χ2n) is 8.33. The number of fused-ring (bicyclic) bond motifs is 2. The second kappa shape index (κ2) is 8.43. The number of aliphatic hydroxyl groups is 1. The van der Waals surface area contributed by atoms with Crippen LogP contribution in [0.2, 0.25) is 0 Å². The number of carbonyl (C=O) groups is 2. The minimum atomic E-state index is -0.421. The van der Waals surface area contributed by atoms with Crippen molar-refractivity contribution in [2.75, 3.05) is 6.54 Å². The van der Waals surface area contributed by atoms with E-state index in [1.807, 2.05) is 48.5 Å². The van der Waals surface area contributed by atoms with E-state index in [4.69, 9.17) is 0 Å². The lowest BCUT2D eigenvalue weighted by Gasteiger charge is -2.30. The van der Waals surface area contributed by atoms with Crippen LogP contribution in [0.3, 0.4) is 0 Å². The normalized spacial score (nSPS) is 18.8. The summed E-state index contributed by atoms with van der Waals surface area (Å²) in [5, 5.41) is 18.5. The zero-order valence-corrected chi connectivity index (χ0v) is 17.4. The van der Waals surface area contributed by atoms with Crippen LogP contribution in [0.25, 0.3) is 21.7 Å². The number of aromatic amines is 1. The first kappa shape index (κ1) is 20.2. The van der Waals surface area contributed by atoms with Crippen LogP contribution in [-0.4, -0.2) is 39.5 Å². The van der Waals surface area contributed by atoms with Crippen molar-refractivity contribution >= 4 is 33.5 Å². The fraction of sp³-hybridized carbons (Fsp3) is 0.240. The Morgan fingerprint density at radius 3 is 2.72 bits per heavy atom. The van der Waals surface area contributed by atoms with Gasteiger partial charge < -0.3 is 20.7 Å². The molecule has 0 radical (unpaired) electrons. The summed E-state index contributed by atoms with van der Waals surface area (Å²) in [6, 6.07) is 15.5. The fourth-order valence-corrected chi connectivity index (χ4v) is 4.22. The lowest BCUT2D eigenvalue weighted by Crippen LogP contribution is -2.44. The number of pyridine rings is 1. The van der Waals surface area contributed by atoms with Crippen LogP contribution in [0.1, 0.15) is 34.8 Å². The molecule has 32 heavy (non-hydrogen) atoms. The molecule has 0 bridgehead atoms. The average molecular weight is 428 g/mol. The van der Waals surface area contributed by atoms with Gasteiger partial charge in [-0.25, -0.2) is 0 Å². The molecular formula is C25H24N4O3. The maximum absolute atomic E-state index is 13.2. The Balaban J connectivity index is 1.40. The van der Waals surface area contributed by atoms with E-state index < -0.39 is 12.1 Å². The van der Waals surface area contributed by atoms with Crippen molar-refractivity contribution in [2.45, 2.75) is 25.0 Å². The molecule has 2 aromatic carbocycles. The summed E-state index contributed by atoms with van der Waals surface area (Å²) in [5.41, 5.74) is 2.17. The summed E-state index contributed by atoms with van der Waals surface area (Å²) in [6.07, 6.45) is 5.59. The molecule has 2 aromatic heterocycles. The Labute approximate surface area is 184 Å². The number of hydrogen-bond donors (Lipinski definition) is 4. The first-order chi connectivity index (χ1) is 15.6. The molecule has 2 amide bonds. The van der Waals surface area contributed by atoms with Gasteiger partial charge in [0.05, 0.1) is 29.4 Å². The monoisotopic (exact) mass is 428 g/mol. The minimum Gasteiger partial charge on any atom is -0.393 e. The van der Waals surface area contributed by atoms with Crippen molar-refractivity contribution in [3.8, 4) is 0 Å². The van der Waals surface area contributed by atoms with Crippen molar-refractivity contribution in [2.24, 2.45) is 5.92 Å². The lowest BCUT2D eigenvalue weighted by molar-refractivity contribution is -0.131. The lowest BCUT2D eigenvalue weighted by atomic mass is 9.82. The molecule has 0 saturated heterocycles. The molecule has 1 aliphatic rings. The van der Waals surface area contributed by atoms with E-state index in [-0.39, 0.29) is 24.3 Å². The van der Waals surface area contributed by atoms with E-state index in [9.17, 15) is 14.7 Å². The summed E-state index contributed by atoms with van der Waals surface area (Å²) in [5.74, 6) is -0.519. The third-order valence-corrected chi connectivity index (χ3v) is 6.17. The third kappa shape index (κ3) is 3.94. The van der Waals surface area contributed by atoms with Gasteiger partial charge in [-0.2, -0.15) is 0 Å². The minimum absolute atomic E-state index is 0.0928. The largest absolute Gasteiger partial charge is 0.393 e. The summed E-state index contributed by atoms with van der Waals surface area (Å²) in [7, 11) is 0. The molecule has 1 fully saturated rings. The van der Waals surface area contributed by atoms with Crippen molar-refractivity contribution in [1.29, 1.82) is 0 Å². The standard InChI is InChI=1S/C25H24N4O3/c30-19-10-18(11-19)24(31)28-14-22(17-6-5-15-3-1-2-4-16(15)9-17)29-25(32)21-12-26-13-23-20(21)7-8-27-23/h1-9,12-13,18-19,22,27,30H,10-11,14H2,(H,28,31)(H,29,32). The van der Waals surface area contributed by atoms with E-state index >= 15 is 0 Å². The van der Waals surface area contributed by atoms with Crippen LogP contribution in [0, 0.1) is 5.92 Å². The number of rotatable bonds is 6. The summed E-state index contributed by atoms with van der Waals surface area (Å²) < 4.78 is 0. The highest BCUT2D eigenvalue weighted by molar-refractivity contribution is 6.06. The number of aliphatic hydroxyl groups excluding tert-OH is 1. The van der Waals surface area contributed by atoms with Gasteiger partial charge in [0.2, 0.25) is 5.91 Å². The van der Waals surface area contributed by atoms with E-state index in [0.29, 0.717) is 18.4 Å². The van der Waals surface area contributed by atoms with Crippen LogP contribution in [0.15, 0.2) is 67.1 Å². The van der Waals surface area contributed by atoms with Gasteiger partial charge in [0.1, 0.15) is 0 Å². The number of carbonyl (C=O) groups excluding carboxylic acids is 2. The third-order valence-electron chi connectivity index (χ3n) is 6.17. The van der Waals surface area contributed by atoms with Crippen molar-refractivity contribution in [1.82, 2.24) is 20.6 Å². The highest BCUT2D eigenvalue weighted by Gasteiger charge is 2.33. The van der Waals surface area contributed by atoms with Gasteiger partial charge in [-0.15, -0.1) is 0 Å². The van der Waals surface area contributed by atoms with Crippen molar-refractivity contribution < 1.29 is 14.7 Å². The predicted octanol–water partition coefficient (Wildman–Crippen LogP) is 3.07. The van der Waals surface area contributed by atoms with E-state index in [2.05, 4.69) is 20.6 Å². The van der Waals surface area contributed by atoms with Gasteiger partial charge in [0.25, 0.3) is 5.91 Å². The van der Waals surface area contributed by atoms with E-state index in [0.717, 1.165) is 27.2 Å². The zero-order valence-electron chi connectivity index (χ0n) is 17.4. The first-order valence-corrected chi connectivity index (χ1v) is 10.7. The molecule has 4 aromatic rings. The topological polar surface area (TPSA) is 107 Å². The van der Waals surface area contributed by atoms with Crippen LogP contribution in [0.5, 0.6) is 0 Å². The molecule has 0 aliphatic heterocycles. The Morgan fingerprint density at radius 2 is 1.91 bits per heavy atom. The molecule has 4 N–H and O–H groups in total. The van der Waals surface area contributed by atoms with Gasteiger partial charge in [-0.3, -0.25) is 14.6 Å². The SMILES string of the molecule is O=C(NC(CNC(=O)C1CC(O)C1)c1ccc2ccccc2c1)c1cncc2[nH]ccc12. The fourth-order valence-electron chi connectivity index (χ4n) is 4.22. The molecule has 0 spiro atoms. The first-order valence-electron chi connectivity index (χ1n) is 10.7. The highest BCUT2D eigenvalue weighted by atomic mass is 16.3. The van der Waals surface area contributed by atoms with Gasteiger partial charge in [-0.1, -0.05) is 36.4 Å². The summed E-state index contributed by atoms with van der Waals surface area (Å²) in [4.78, 5) is 32.9. The quantitative estimate of drug-likeness (QED) is 0.379. The van der Waals surface area contributed by atoms with Gasteiger partial charge in [0, 0.05) is 30.2 Å². The average Bonchev–Trinajstić information content (AvgIpc) is 3.28. The van der Waals surface area contributed by atoms with Gasteiger partial charge in [0.15, 0.2) is 0 Å². The molecule has 1 aliphatic carbocycles. The van der Waals surface area contributed by atoms with Gasteiger partial charge in [-0.05, 0) is 41.3 Å². The molecule has 7 heteroatoms. The molecule has 7 nitrogen and oxygen atoms in total. The van der Waals surface area contributed by atoms with Crippen LogP contribution in [0.4, 0.5) is 0 Å². The highest BCUT2D eigenvalue weighted by Crippen LogP contribution is 2.27. The molecule has 1 atom stereocenters. The molecule has 162 valence electrons. The van der Waals surface area contributed by atoms with Gasteiger partial charge >= 0.3 is 0 Å². The van der Waals surface area contributed by atoms with Crippen LogP contribution >= 0.6 is 0 Å². The molecule has 1 unspecified atom stereocenters. The molecule has 1 saturated carbocycles. The van der Waals surface area contributed by atoms with E-state index in [1.165, 1.54) is 0 Å². The number of benzene rings is 2. The van der Waals surface area contributed by atoms with E-state index in [1.54, 1.807) is 18.6 Å². The molecule has 5 rings (SSSR count). The maximum Gasteiger partial charge on any atom is 0.254 e. The molecular weight excluding hydrogens is 404 g/mol. The Hall–Kier alpha value is -3.71. The second-order valence-corrected chi connectivity index (χ2v) is 8.33. The number of nitrogens with zero attached hydrogens (tertiary/aromatic N) is 1. The Bertz CT molecular complexity index is 1290. The number of nitrogens with one attached hydrogen (secondary N) is 3. The Morgan fingerprint density at radius 1 is 1.09 bits per heavy atom. The number of amides is 2. The summed E-state index contributed by atoms with van der Waals surface area (Å²) in [6.45, 7) is 0.256. The zero-order chi connectivity index (χ0) is 22.1. The summed E-state index contributed by atoms with van der Waals surface area (Å²) >= 11 is 0. The van der Waals surface area contributed by atoms with Crippen molar-refractivity contribution in [3.05, 3.63) is 78.2 Å².